The highest BCUT2D eigenvalue weighted by molar-refractivity contribution is 5.92. The van der Waals surface area contributed by atoms with Crippen molar-refractivity contribution in [3.8, 4) is 0 Å². The largest absolute Gasteiger partial charge is 0.396 e. The zero-order chi connectivity index (χ0) is 15.2. The number of rotatable bonds is 4. The van der Waals surface area contributed by atoms with Crippen LogP contribution in [0, 0.1) is 19.8 Å². The molecule has 0 saturated heterocycles. The molecule has 3 nitrogen and oxygen atoms in total. The molecule has 1 amide bonds. The van der Waals surface area contributed by atoms with Crippen molar-refractivity contribution in [2.45, 2.75) is 45.6 Å². The van der Waals surface area contributed by atoms with Crippen LogP contribution in [0.4, 0.5) is 0 Å². The molecule has 1 aromatic carbocycles. The van der Waals surface area contributed by atoms with Gasteiger partial charge in [-0.05, 0) is 43.9 Å². The van der Waals surface area contributed by atoms with Crippen molar-refractivity contribution in [3.05, 3.63) is 41.0 Å². The maximum absolute atomic E-state index is 12.0. The molecule has 0 aromatic heterocycles. The lowest BCUT2D eigenvalue weighted by molar-refractivity contribution is -0.117. The number of hydrogen-bond acceptors (Lipinski definition) is 2. The third-order valence-electron chi connectivity index (χ3n) is 4.31. The molecule has 3 heteroatoms. The number of benzene rings is 1. The van der Waals surface area contributed by atoms with E-state index in [-0.39, 0.29) is 24.5 Å². The van der Waals surface area contributed by atoms with Crippen LogP contribution < -0.4 is 5.32 Å². The van der Waals surface area contributed by atoms with Crippen molar-refractivity contribution >= 4 is 12.0 Å². The van der Waals surface area contributed by atoms with Crippen molar-refractivity contribution in [1.82, 2.24) is 5.32 Å². The summed E-state index contributed by atoms with van der Waals surface area (Å²) in [6, 6.07) is 6.31. The number of carbonyl (C=O) groups excluding carboxylic acids is 1. The maximum Gasteiger partial charge on any atom is 0.244 e. The Morgan fingerprint density at radius 1 is 1.33 bits per heavy atom. The highest BCUT2D eigenvalue weighted by atomic mass is 16.3. The predicted molar refractivity (Wildman–Crippen MR) is 85.9 cm³/mol. The summed E-state index contributed by atoms with van der Waals surface area (Å²) in [7, 11) is 0. The van der Waals surface area contributed by atoms with Crippen LogP contribution >= 0.6 is 0 Å². The highest BCUT2D eigenvalue weighted by Gasteiger charge is 2.25. The normalized spacial score (nSPS) is 22.4. The first-order chi connectivity index (χ1) is 10.1. The average Bonchev–Trinajstić information content (AvgIpc) is 2.47. The van der Waals surface area contributed by atoms with Crippen molar-refractivity contribution in [2.24, 2.45) is 5.92 Å². The molecule has 0 bridgehead atoms. The number of nitrogens with one attached hydrogen (secondary N) is 1. The molecule has 0 heterocycles. The van der Waals surface area contributed by atoms with E-state index in [1.807, 2.05) is 25.1 Å². The molecule has 21 heavy (non-hydrogen) atoms. The molecule has 0 spiro atoms. The Balaban J connectivity index is 1.95. The van der Waals surface area contributed by atoms with E-state index >= 15 is 0 Å². The van der Waals surface area contributed by atoms with Gasteiger partial charge in [-0.3, -0.25) is 4.79 Å². The first-order valence-electron chi connectivity index (χ1n) is 7.77. The number of aliphatic hydroxyl groups is 1. The first kappa shape index (κ1) is 15.8. The Labute approximate surface area is 127 Å². The molecular weight excluding hydrogens is 262 g/mol. The van der Waals surface area contributed by atoms with Gasteiger partial charge in [0, 0.05) is 24.6 Å². The molecule has 0 radical (unpaired) electrons. The van der Waals surface area contributed by atoms with Gasteiger partial charge in [-0.15, -0.1) is 0 Å². The standard InChI is InChI=1S/C18H25NO2/c1-13-7-8-15(14(2)11-13)9-10-18(21)19-17-6-4-3-5-16(17)12-20/h7-11,16-17,20H,3-6,12H2,1-2H3,(H,19,21)/b10-9+. The first-order valence-corrected chi connectivity index (χ1v) is 7.77. The molecule has 1 fully saturated rings. The third kappa shape index (κ3) is 4.43. The van der Waals surface area contributed by atoms with Gasteiger partial charge in [0.05, 0.1) is 0 Å². The Morgan fingerprint density at radius 3 is 2.81 bits per heavy atom. The molecule has 1 aromatic rings. The molecule has 0 aliphatic heterocycles. The molecular formula is C18H25NO2. The fraction of sp³-hybridized carbons (Fsp3) is 0.500. The van der Waals surface area contributed by atoms with Gasteiger partial charge in [0.2, 0.25) is 5.91 Å². The van der Waals surface area contributed by atoms with Crippen LogP contribution in [0.15, 0.2) is 24.3 Å². The van der Waals surface area contributed by atoms with E-state index in [2.05, 4.69) is 18.3 Å². The minimum atomic E-state index is -0.0691. The Morgan fingerprint density at radius 2 is 2.10 bits per heavy atom. The number of amides is 1. The molecule has 114 valence electrons. The van der Waals surface area contributed by atoms with E-state index < -0.39 is 0 Å². The van der Waals surface area contributed by atoms with Gasteiger partial charge in [0.25, 0.3) is 0 Å². The Kier molecular flexibility index (Phi) is 5.57. The van der Waals surface area contributed by atoms with Crippen molar-refractivity contribution in [3.63, 3.8) is 0 Å². The van der Waals surface area contributed by atoms with Crippen LogP contribution in [0.2, 0.25) is 0 Å². The molecule has 2 rings (SSSR count). The fourth-order valence-electron chi connectivity index (χ4n) is 3.03. The van der Waals surface area contributed by atoms with E-state index in [9.17, 15) is 9.90 Å². The third-order valence-corrected chi connectivity index (χ3v) is 4.31. The lowest BCUT2D eigenvalue weighted by atomic mass is 9.85. The maximum atomic E-state index is 12.0. The van der Waals surface area contributed by atoms with Crippen LogP contribution in [-0.4, -0.2) is 23.7 Å². The summed E-state index contributed by atoms with van der Waals surface area (Å²) in [4.78, 5) is 12.0. The van der Waals surface area contributed by atoms with Crippen molar-refractivity contribution in [1.29, 1.82) is 0 Å². The van der Waals surface area contributed by atoms with Crippen LogP contribution in [-0.2, 0) is 4.79 Å². The highest BCUT2D eigenvalue weighted by Crippen LogP contribution is 2.24. The Hall–Kier alpha value is -1.61. The summed E-state index contributed by atoms with van der Waals surface area (Å²) < 4.78 is 0. The lowest BCUT2D eigenvalue weighted by Gasteiger charge is -2.30. The molecule has 1 aliphatic rings. The van der Waals surface area contributed by atoms with Gasteiger partial charge in [-0.1, -0.05) is 36.6 Å². The number of hydrogen-bond donors (Lipinski definition) is 2. The average molecular weight is 287 g/mol. The summed E-state index contributed by atoms with van der Waals surface area (Å²) >= 11 is 0. The van der Waals surface area contributed by atoms with Gasteiger partial charge in [0.15, 0.2) is 0 Å². The fourth-order valence-corrected chi connectivity index (χ4v) is 3.03. The van der Waals surface area contributed by atoms with Crippen molar-refractivity contribution in [2.75, 3.05) is 6.61 Å². The van der Waals surface area contributed by atoms with Crippen molar-refractivity contribution < 1.29 is 9.90 Å². The smallest absolute Gasteiger partial charge is 0.244 e. The monoisotopic (exact) mass is 287 g/mol. The second-order valence-electron chi connectivity index (χ2n) is 6.04. The van der Waals surface area contributed by atoms with E-state index in [4.69, 9.17) is 0 Å². The Bertz CT molecular complexity index is 522. The summed E-state index contributed by atoms with van der Waals surface area (Å²) in [5.74, 6) is 0.137. The number of aryl methyl sites for hydroxylation is 2. The minimum absolute atomic E-state index is 0.0691. The van der Waals surface area contributed by atoms with Gasteiger partial charge in [-0.25, -0.2) is 0 Å². The van der Waals surface area contributed by atoms with Crippen LogP contribution in [0.3, 0.4) is 0 Å². The zero-order valence-corrected chi connectivity index (χ0v) is 12.9. The molecule has 1 saturated carbocycles. The molecule has 1 aliphatic carbocycles. The second-order valence-corrected chi connectivity index (χ2v) is 6.04. The van der Waals surface area contributed by atoms with Crippen LogP contribution in [0.25, 0.3) is 6.08 Å². The predicted octanol–water partition coefficient (Wildman–Crippen LogP) is 2.98. The summed E-state index contributed by atoms with van der Waals surface area (Å²) in [6.07, 6.45) is 7.70. The van der Waals surface area contributed by atoms with Gasteiger partial charge in [-0.2, -0.15) is 0 Å². The van der Waals surface area contributed by atoms with E-state index in [0.29, 0.717) is 0 Å². The number of carbonyl (C=O) groups is 1. The van der Waals surface area contributed by atoms with Gasteiger partial charge < -0.3 is 10.4 Å². The quantitative estimate of drug-likeness (QED) is 0.836. The lowest BCUT2D eigenvalue weighted by Crippen LogP contribution is -2.42. The number of aliphatic hydroxyl groups excluding tert-OH is 1. The van der Waals surface area contributed by atoms with Gasteiger partial charge in [0.1, 0.15) is 0 Å². The topological polar surface area (TPSA) is 49.3 Å². The summed E-state index contributed by atoms with van der Waals surface area (Å²) in [6.45, 7) is 4.27. The van der Waals surface area contributed by atoms with Crippen LogP contribution in [0.1, 0.15) is 42.4 Å². The second kappa shape index (κ2) is 7.41. The minimum Gasteiger partial charge on any atom is -0.396 e. The van der Waals surface area contributed by atoms with E-state index in [1.54, 1.807) is 6.08 Å². The van der Waals surface area contributed by atoms with E-state index in [1.165, 1.54) is 11.1 Å². The van der Waals surface area contributed by atoms with Crippen LogP contribution in [0.5, 0.6) is 0 Å². The molecule has 2 N–H and O–H groups in total. The molecule has 2 atom stereocenters. The SMILES string of the molecule is Cc1ccc(/C=C/C(=O)NC2CCCCC2CO)c(C)c1. The zero-order valence-electron chi connectivity index (χ0n) is 12.9. The van der Waals surface area contributed by atoms with Gasteiger partial charge >= 0.3 is 0 Å². The summed E-state index contributed by atoms with van der Waals surface area (Å²) in [5, 5.41) is 12.4. The van der Waals surface area contributed by atoms with E-state index in [0.717, 1.165) is 31.2 Å². The molecule has 2 unspecified atom stereocenters. The summed E-state index contributed by atoms with van der Waals surface area (Å²) in [5.41, 5.74) is 3.46.